The lowest BCUT2D eigenvalue weighted by Gasteiger charge is -2.13. The number of methoxy groups -OCH3 is 1. The van der Waals surface area contributed by atoms with Gasteiger partial charge in [-0.3, -0.25) is 4.79 Å². The molecule has 0 bridgehead atoms. The third-order valence-electron chi connectivity index (χ3n) is 5.11. The molecule has 0 saturated carbocycles. The molecule has 1 unspecified atom stereocenters. The van der Waals surface area contributed by atoms with Gasteiger partial charge in [-0.15, -0.1) is 11.8 Å². The monoisotopic (exact) mass is 471 g/mol. The minimum Gasteiger partial charge on any atom is -0.496 e. The van der Waals surface area contributed by atoms with Crippen LogP contribution in [0.2, 0.25) is 0 Å². The SMILES string of the molecule is COc1ccc(/C=N/NC(=O)C(C)Oc2ccc3ccccc3c2)cc1CSc1ccccn1. The number of carbonyl (C=O) groups is 1. The molecule has 0 fully saturated rings. The fourth-order valence-corrected chi connectivity index (χ4v) is 4.17. The van der Waals surface area contributed by atoms with E-state index >= 15 is 0 Å². The first-order chi connectivity index (χ1) is 16.6. The molecule has 1 heterocycles. The van der Waals surface area contributed by atoms with E-state index < -0.39 is 6.10 Å². The number of benzene rings is 3. The van der Waals surface area contributed by atoms with E-state index in [0.29, 0.717) is 11.5 Å². The number of hydrogen-bond donors (Lipinski definition) is 1. The molecule has 0 aliphatic carbocycles. The Kier molecular flexibility index (Phi) is 7.78. The van der Waals surface area contributed by atoms with Gasteiger partial charge in [0.05, 0.1) is 18.4 Å². The maximum atomic E-state index is 12.4. The summed E-state index contributed by atoms with van der Waals surface area (Å²) in [6.07, 6.45) is 2.69. The summed E-state index contributed by atoms with van der Waals surface area (Å²) in [5.74, 6) is 1.80. The van der Waals surface area contributed by atoms with Crippen molar-refractivity contribution in [3.05, 3.63) is 96.2 Å². The molecule has 34 heavy (non-hydrogen) atoms. The highest BCUT2D eigenvalue weighted by molar-refractivity contribution is 7.98. The van der Waals surface area contributed by atoms with Crippen molar-refractivity contribution < 1.29 is 14.3 Å². The molecule has 0 aliphatic rings. The van der Waals surface area contributed by atoms with Gasteiger partial charge in [0.15, 0.2) is 6.10 Å². The number of nitrogens with one attached hydrogen (secondary N) is 1. The topological polar surface area (TPSA) is 72.8 Å². The van der Waals surface area contributed by atoms with Crippen molar-refractivity contribution in [3.8, 4) is 11.5 Å². The van der Waals surface area contributed by atoms with E-state index in [1.165, 1.54) is 0 Å². The van der Waals surface area contributed by atoms with E-state index in [1.807, 2.05) is 78.9 Å². The Morgan fingerprint density at radius 3 is 2.68 bits per heavy atom. The zero-order valence-electron chi connectivity index (χ0n) is 19.0. The maximum Gasteiger partial charge on any atom is 0.280 e. The van der Waals surface area contributed by atoms with Crippen molar-refractivity contribution in [2.75, 3.05) is 7.11 Å². The van der Waals surface area contributed by atoms with Gasteiger partial charge >= 0.3 is 0 Å². The minimum atomic E-state index is -0.695. The highest BCUT2D eigenvalue weighted by Crippen LogP contribution is 2.27. The summed E-state index contributed by atoms with van der Waals surface area (Å²) in [4.78, 5) is 16.8. The molecular weight excluding hydrogens is 446 g/mol. The third-order valence-corrected chi connectivity index (χ3v) is 6.10. The van der Waals surface area contributed by atoms with E-state index in [1.54, 1.807) is 38.2 Å². The standard InChI is InChI=1S/C27H25N3O3S/c1-19(33-24-12-11-21-7-3-4-8-22(21)16-24)27(31)30-29-17-20-10-13-25(32-2)23(15-20)18-34-26-9-5-6-14-28-26/h3-17,19H,18H2,1-2H3,(H,30,31)/b29-17+. The van der Waals surface area contributed by atoms with Crippen LogP contribution in [0, 0.1) is 0 Å². The van der Waals surface area contributed by atoms with Crippen LogP contribution in [0.1, 0.15) is 18.1 Å². The number of hydrazone groups is 1. The quantitative estimate of drug-likeness (QED) is 0.200. The zero-order chi connectivity index (χ0) is 23.8. The molecule has 0 radical (unpaired) electrons. The van der Waals surface area contributed by atoms with Crippen LogP contribution in [-0.2, 0) is 10.5 Å². The number of thioether (sulfide) groups is 1. The van der Waals surface area contributed by atoms with Gasteiger partial charge in [-0.25, -0.2) is 10.4 Å². The van der Waals surface area contributed by atoms with Crippen LogP contribution in [0.3, 0.4) is 0 Å². The van der Waals surface area contributed by atoms with Crippen molar-refractivity contribution in [1.82, 2.24) is 10.4 Å². The Labute approximate surface area is 203 Å². The van der Waals surface area contributed by atoms with Crippen molar-refractivity contribution in [1.29, 1.82) is 0 Å². The Morgan fingerprint density at radius 1 is 1.06 bits per heavy atom. The molecule has 4 aromatic rings. The van der Waals surface area contributed by atoms with Crippen LogP contribution in [0.25, 0.3) is 10.8 Å². The van der Waals surface area contributed by atoms with Crippen LogP contribution in [0.5, 0.6) is 11.5 Å². The lowest BCUT2D eigenvalue weighted by atomic mass is 10.1. The predicted molar refractivity (Wildman–Crippen MR) is 137 cm³/mol. The largest absolute Gasteiger partial charge is 0.496 e. The first-order valence-electron chi connectivity index (χ1n) is 10.8. The van der Waals surface area contributed by atoms with Crippen LogP contribution < -0.4 is 14.9 Å². The first-order valence-corrected chi connectivity index (χ1v) is 11.8. The van der Waals surface area contributed by atoms with E-state index in [9.17, 15) is 4.79 Å². The number of nitrogens with zero attached hydrogens (tertiary/aromatic N) is 2. The summed E-state index contributed by atoms with van der Waals surface area (Å²) in [6, 6.07) is 25.3. The van der Waals surface area contributed by atoms with Gasteiger partial charge in [0.1, 0.15) is 11.5 Å². The zero-order valence-corrected chi connectivity index (χ0v) is 19.8. The van der Waals surface area contributed by atoms with Crippen molar-refractivity contribution in [2.45, 2.75) is 23.8 Å². The van der Waals surface area contributed by atoms with Gasteiger partial charge in [0.25, 0.3) is 5.91 Å². The van der Waals surface area contributed by atoms with Crippen LogP contribution >= 0.6 is 11.8 Å². The van der Waals surface area contributed by atoms with Crippen molar-refractivity contribution in [2.24, 2.45) is 5.10 Å². The van der Waals surface area contributed by atoms with Crippen LogP contribution in [0.15, 0.2) is 95.2 Å². The van der Waals surface area contributed by atoms with Crippen molar-refractivity contribution >= 4 is 34.7 Å². The summed E-state index contributed by atoms with van der Waals surface area (Å²) >= 11 is 1.62. The average Bonchev–Trinajstić information content (AvgIpc) is 2.88. The normalized spacial score (nSPS) is 11.9. The fourth-order valence-electron chi connectivity index (χ4n) is 3.34. The molecule has 0 saturated heterocycles. The third kappa shape index (κ3) is 6.14. The summed E-state index contributed by atoms with van der Waals surface area (Å²) < 4.78 is 11.3. The lowest BCUT2D eigenvalue weighted by molar-refractivity contribution is -0.127. The average molecular weight is 472 g/mol. The molecule has 0 aliphatic heterocycles. The number of pyridine rings is 1. The molecular formula is C27H25N3O3S. The smallest absolute Gasteiger partial charge is 0.280 e. The van der Waals surface area contributed by atoms with Gasteiger partial charge in [0.2, 0.25) is 0 Å². The summed E-state index contributed by atoms with van der Waals surface area (Å²) in [5.41, 5.74) is 4.42. The number of rotatable bonds is 9. The van der Waals surface area contributed by atoms with E-state index in [0.717, 1.165) is 32.7 Å². The first kappa shape index (κ1) is 23.3. The second kappa shape index (κ2) is 11.3. The van der Waals surface area contributed by atoms with E-state index in [4.69, 9.17) is 9.47 Å². The van der Waals surface area contributed by atoms with Crippen LogP contribution in [-0.4, -0.2) is 30.3 Å². The molecule has 7 heteroatoms. The Morgan fingerprint density at radius 2 is 1.88 bits per heavy atom. The predicted octanol–water partition coefficient (Wildman–Crippen LogP) is 5.45. The number of ether oxygens (including phenoxy) is 2. The molecule has 3 aromatic carbocycles. The lowest BCUT2D eigenvalue weighted by Crippen LogP contribution is -2.33. The fraction of sp³-hybridized carbons (Fsp3) is 0.148. The maximum absolute atomic E-state index is 12.4. The van der Waals surface area contributed by atoms with Gasteiger partial charge in [-0.2, -0.15) is 5.10 Å². The highest BCUT2D eigenvalue weighted by atomic mass is 32.2. The van der Waals surface area contributed by atoms with E-state index in [2.05, 4.69) is 15.5 Å². The molecule has 4 rings (SSSR count). The molecule has 1 amide bonds. The van der Waals surface area contributed by atoms with Gasteiger partial charge in [0, 0.05) is 17.5 Å². The van der Waals surface area contributed by atoms with Gasteiger partial charge in [-0.1, -0.05) is 36.4 Å². The summed E-state index contributed by atoms with van der Waals surface area (Å²) in [6.45, 7) is 1.69. The number of aromatic nitrogens is 1. The van der Waals surface area contributed by atoms with Gasteiger partial charge in [-0.05, 0) is 65.7 Å². The van der Waals surface area contributed by atoms with Crippen LogP contribution in [0.4, 0.5) is 0 Å². The second-order valence-electron chi connectivity index (χ2n) is 7.53. The molecule has 6 nitrogen and oxygen atoms in total. The number of carbonyl (C=O) groups excluding carboxylic acids is 1. The van der Waals surface area contributed by atoms with Gasteiger partial charge < -0.3 is 9.47 Å². The summed E-state index contributed by atoms with van der Waals surface area (Å²) in [7, 11) is 1.65. The Bertz CT molecular complexity index is 1290. The molecule has 1 atom stereocenters. The Balaban J connectivity index is 1.35. The minimum absolute atomic E-state index is 0.330. The molecule has 172 valence electrons. The summed E-state index contributed by atoms with van der Waals surface area (Å²) in [5, 5.41) is 7.22. The van der Waals surface area contributed by atoms with E-state index in [-0.39, 0.29) is 5.91 Å². The van der Waals surface area contributed by atoms with Crippen molar-refractivity contribution in [3.63, 3.8) is 0 Å². The number of hydrogen-bond acceptors (Lipinski definition) is 6. The molecule has 1 N–H and O–H groups in total. The second-order valence-corrected chi connectivity index (χ2v) is 8.53. The molecule has 1 aromatic heterocycles. The Hall–Kier alpha value is -3.84. The molecule has 0 spiro atoms. The highest BCUT2D eigenvalue weighted by Gasteiger charge is 2.14. The number of fused-ring (bicyclic) bond motifs is 1. The number of amides is 1.